The molecule has 2 aromatic carbocycles. The molecule has 1 aromatic heterocycles. The van der Waals surface area contributed by atoms with E-state index in [1.807, 2.05) is 56.4 Å². The molecule has 0 atom stereocenters. The average Bonchev–Trinajstić information content (AvgIpc) is 2.79. The zero-order valence-corrected chi connectivity index (χ0v) is 13.1. The fraction of sp³-hybridized carbons (Fsp3) is 0.222. The Morgan fingerprint density at radius 1 is 1.05 bits per heavy atom. The second kappa shape index (κ2) is 5.64. The molecule has 0 radical (unpaired) electrons. The maximum Gasteiger partial charge on any atom is 0.120 e. The predicted octanol–water partition coefficient (Wildman–Crippen LogP) is 3.83. The molecule has 114 valence electrons. The summed E-state index contributed by atoms with van der Waals surface area (Å²) in [6.07, 6.45) is 0. The highest BCUT2D eigenvalue weighted by Crippen LogP contribution is 2.37. The van der Waals surface area contributed by atoms with Gasteiger partial charge in [0, 0.05) is 24.1 Å². The summed E-state index contributed by atoms with van der Waals surface area (Å²) in [5.41, 5.74) is 10.3. The number of nitrogens with two attached hydrogens (primary N) is 1. The SMILES string of the molecule is CCOc1ccc(-c2c(N)c3ccc(OC)cc3n2C)cc1. The van der Waals surface area contributed by atoms with Crippen LogP contribution in [0.25, 0.3) is 22.2 Å². The highest BCUT2D eigenvalue weighted by molar-refractivity contribution is 6.01. The molecule has 0 amide bonds. The van der Waals surface area contributed by atoms with E-state index in [4.69, 9.17) is 15.2 Å². The third-order valence-electron chi connectivity index (χ3n) is 3.89. The molecule has 0 spiro atoms. The number of rotatable bonds is 4. The quantitative estimate of drug-likeness (QED) is 0.796. The van der Waals surface area contributed by atoms with E-state index >= 15 is 0 Å². The summed E-state index contributed by atoms with van der Waals surface area (Å²) < 4.78 is 12.9. The van der Waals surface area contributed by atoms with Crippen LogP contribution < -0.4 is 15.2 Å². The molecule has 4 nitrogen and oxygen atoms in total. The third-order valence-corrected chi connectivity index (χ3v) is 3.89. The van der Waals surface area contributed by atoms with Gasteiger partial charge in [-0.2, -0.15) is 0 Å². The largest absolute Gasteiger partial charge is 0.497 e. The number of benzene rings is 2. The van der Waals surface area contributed by atoms with Crippen molar-refractivity contribution in [2.75, 3.05) is 19.5 Å². The number of hydrogen-bond acceptors (Lipinski definition) is 3. The first kappa shape index (κ1) is 14.3. The van der Waals surface area contributed by atoms with Gasteiger partial charge in [-0.15, -0.1) is 0 Å². The first-order valence-corrected chi connectivity index (χ1v) is 7.30. The van der Waals surface area contributed by atoms with Crippen LogP contribution in [0, 0.1) is 0 Å². The summed E-state index contributed by atoms with van der Waals surface area (Å²) in [5, 5.41) is 1.03. The van der Waals surface area contributed by atoms with Crippen molar-refractivity contribution in [3.8, 4) is 22.8 Å². The van der Waals surface area contributed by atoms with E-state index in [-0.39, 0.29) is 0 Å². The number of nitrogen functional groups attached to an aromatic ring is 1. The Balaban J connectivity index is 2.13. The second-order valence-electron chi connectivity index (χ2n) is 5.16. The molecule has 22 heavy (non-hydrogen) atoms. The Kier molecular flexibility index (Phi) is 3.67. The standard InChI is InChI=1S/C18H20N2O2/c1-4-22-13-7-5-12(6-8-13)18-17(19)15-10-9-14(21-3)11-16(15)20(18)2/h5-11H,4,19H2,1-3H3. The Morgan fingerprint density at radius 3 is 2.36 bits per heavy atom. The fourth-order valence-electron chi connectivity index (χ4n) is 2.80. The summed E-state index contributed by atoms with van der Waals surface area (Å²) >= 11 is 0. The van der Waals surface area contributed by atoms with Crippen molar-refractivity contribution in [1.29, 1.82) is 0 Å². The van der Waals surface area contributed by atoms with Gasteiger partial charge in [0.15, 0.2) is 0 Å². The summed E-state index contributed by atoms with van der Waals surface area (Å²) in [5.74, 6) is 1.69. The molecule has 1 heterocycles. The summed E-state index contributed by atoms with van der Waals surface area (Å²) in [6, 6.07) is 13.9. The van der Waals surface area contributed by atoms with E-state index in [0.29, 0.717) is 6.61 Å². The Morgan fingerprint density at radius 2 is 1.73 bits per heavy atom. The molecule has 0 unspecified atom stereocenters. The van der Waals surface area contributed by atoms with Gasteiger partial charge in [0.2, 0.25) is 0 Å². The lowest BCUT2D eigenvalue weighted by atomic mass is 10.1. The molecule has 0 fully saturated rings. The van der Waals surface area contributed by atoms with Crippen LogP contribution in [0.5, 0.6) is 11.5 Å². The lowest BCUT2D eigenvalue weighted by Crippen LogP contribution is -1.95. The van der Waals surface area contributed by atoms with E-state index in [1.54, 1.807) is 7.11 Å². The van der Waals surface area contributed by atoms with Gasteiger partial charge in [-0.05, 0) is 43.3 Å². The van der Waals surface area contributed by atoms with Gasteiger partial charge >= 0.3 is 0 Å². The van der Waals surface area contributed by atoms with E-state index in [2.05, 4.69) is 4.57 Å². The third kappa shape index (κ3) is 2.26. The zero-order valence-electron chi connectivity index (χ0n) is 13.1. The van der Waals surface area contributed by atoms with E-state index < -0.39 is 0 Å². The Hall–Kier alpha value is -2.62. The van der Waals surface area contributed by atoms with Crippen LogP contribution in [0.1, 0.15) is 6.92 Å². The minimum absolute atomic E-state index is 0.662. The number of aryl methyl sites for hydroxylation is 1. The van der Waals surface area contributed by atoms with Gasteiger partial charge in [0.25, 0.3) is 0 Å². The lowest BCUT2D eigenvalue weighted by Gasteiger charge is -2.08. The van der Waals surface area contributed by atoms with E-state index in [9.17, 15) is 0 Å². The molecule has 0 bridgehead atoms. The van der Waals surface area contributed by atoms with Crippen molar-refractivity contribution in [3.63, 3.8) is 0 Å². The molecule has 3 rings (SSSR count). The Bertz CT molecular complexity index is 804. The van der Waals surface area contributed by atoms with Crippen molar-refractivity contribution < 1.29 is 9.47 Å². The van der Waals surface area contributed by atoms with Crippen LogP contribution >= 0.6 is 0 Å². The van der Waals surface area contributed by atoms with Gasteiger partial charge in [-0.25, -0.2) is 0 Å². The van der Waals surface area contributed by atoms with Crippen molar-refractivity contribution in [3.05, 3.63) is 42.5 Å². The average molecular weight is 296 g/mol. The normalized spacial score (nSPS) is 10.9. The minimum Gasteiger partial charge on any atom is -0.497 e. The Labute approximate surface area is 130 Å². The monoisotopic (exact) mass is 296 g/mol. The second-order valence-corrected chi connectivity index (χ2v) is 5.16. The number of aromatic nitrogens is 1. The number of anilines is 1. The highest BCUT2D eigenvalue weighted by atomic mass is 16.5. The van der Waals surface area contributed by atoms with Crippen LogP contribution in [-0.4, -0.2) is 18.3 Å². The van der Waals surface area contributed by atoms with Crippen LogP contribution in [0.15, 0.2) is 42.5 Å². The number of nitrogens with zero attached hydrogens (tertiary/aromatic N) is 1. The molecule has 0 aliphatic heterocycles. The van der Waals surface area contributed by atoms with Crippen LogP contribution in [-0.2, 0) is 7.05 Å². The van der Waals surface area contributed by atoms with Gasteiger partial charge in [-0.1, -0.05) is 0 Å². The summed E-state index contributed by atoms with van der Waals surface area (Å²) in [7, 11) is 3.69. The first-order valence-electron chi connectivity index (χ1n) is 7.30. The smallest absolute Gasteiger partial charge is 0.120 e. The van der Waals surface area contributed by atoms with E-state index in [1.165, 1.54) is 0 Å². The first-order chi connectivity index (χ1) is 10.7. The molecule has 0 saturated carbocycles. The molecule has 0 aliphatic rings. The summed E-state index contributed by atoms with van der Waals surface area (Å²) in [6.45, 7) is 2.64. The minimum atomic E-state index is 0.662. The lowest BCUT2D eigenvalue weighted by molar-refractivity contribution is 0.340. The van der Waals surface area contributed by atoms with Gasteiger partial charge < -0.3 is 19.8 Å². The van der Waals surface area contributed by atoms with Crippen molar-refractivity contribution in [2.45, 2.75) is 6.92 Å². The molecule has 0 aliphatic carbocycles. The maximum atomic E-state index is 6.37. The van der Waals surface area contributed by atoms with Crippen LogP contribution in [0.3, 0.4) is 0 Å². The van der Waals surface area contributed by atoms with Gasteiger partial charge in [-0.3, -0.25) is 0 Å². The van der Waals surface area contributed by atoms with E-state index in [0.717, 1.165) is 39.3 Å². The maximum absolute atomic E-state index is 6.37. The van der Waals surface area contributed by atoms with Crippen LogP contribution in [0.4, 0.5) is 5.69 Å². The fourth-order valence-corrected chi connectivity index (χ4v) is 2.80. The molecular weight excluding hydrogens is 276 g/mol. The molecule has 2 N–H and O–H groups in total. The zero-order chi connectivity index (χ0) is 15.7. The molecule has 4 heteroatoms. The van der Waals surface area contributed by atoms with Gasteiger partial charge in [0.05, 0.1) is 30.6 Å². The topological polar surface area (TPSA) is 49.4 Å². The molecule has 0 saturated heterocycles. The number of fused-ring (bicyclic) bond motifs is 1. The van der Waals surface area contributed by atoms with Gasteiger partial charge in [0.1, 0.15) is 11.5 Å². The molecule has 3 aromatic rings. The van der Waals surface area contributed by atoms with Crippen LogP contribution in [0.2, 0.25) is 0 Å². The number of methoxy groups -OCH3 is 1. The van der Waals surface area contributed by atoms with Crippen molar-refractivity contribution in [1.82, 2.24) is 4.57 Å². The van der Waals surface area contributed by atoms with Crippen molar-refractivity contribution in [2.24, 2.45) is 7.05 Å². The predicted molar refractivity (Wildman–Crippen MR) is 90.5 cm³/mol. The number of ether oxygens (including phenoxy) is 2. The summed E-state index contributed by atoms with van der Waals surface area (Å²) in [4.78, 5) is 0. The number of hydrogen-bond donors (Lipinski definition) is 1. The molecular formula is C18H20N2O2. The van der Waals surface area contributed by atoms with Crippen molar-refractivity contribution >= 4 is 16.6 Å². The highest BCUT2D eigenvalue weighted by Gasteiger charge is 2.15.